The maximum absolute atomic E-state index is 12.4. The average molecular weight is 375 g/mol. The summed E-state index contributed by atoms with van der Waals surface area (Å²) >= 11 is 0. The Labute approximate surface area is 158 Å². The molecule has 0 saturated heterocycles. The van der Waals surface area contributed by atoms with E-state index in [1.54, 1.807) is 18.2 Å². The first-order valence-corrected chi connectivity index (χ1v) is 11.1. The lowest BCUT2D eigenvalue weighted by Gasteiger charge is -2.08. The molecule has 142 valence electrons. The van der Waals surface area contributed by atoms with Gasteiger partial charge < -0.3 is 0 Å². The van der Waals surface area contributed by atoms with Crippen molar-refractivity contribution in [3.05, 3.63) is 54.6 Å². The molecule has 0 unspecified atom stereocenters. The molecule has 0 spiro atoms. The molecule has 0 bridgehead atoms. The van der Waals surface area contributed by atoms with Crippen molar-refractivity contribution < 1.29 is 12.6 Å². The third kappa shape index (κ3) is 6.93. The van der Waals surface area contributed by atoms with Gasteiger partial charge in [-0.25, -0.2) is 0 Å². The third-order valence-electron chi connectivity index (χ3n) is 4.47. The summed E-state index contributed by atoms with van der Waals surface area (Å²) in [7, 11) is -3.70. The highest BCUT2D eigenvalue weighted by Crippen LogP contribution is 2.23. The van der Waals surface area contributed by atoms with Gasteiger partial charge in [0.25, 0.3) is 10.1 Å². The minimum absolute atomic E-state index is 0.221. The molecule has 0 aliphatic rings. The maximum atomic E-state index is 12.4. The minimum atomic E-state index is -3.70. The molecule has 4 heteroatoms. The second-order valence-electron chi connectivity index (χ2n) is 6.64. The minimum Gasteiger partial charge on any atom is -0.266 e. The molecule has 0 aliphatic carbocycles. The van der Waals surface area contributed by atoms with Crippen molar-refractivity contribution in [2.45, 2.75) is 63.2 Å². The quantitative estimate of drug-likeness (QED) is 0.328. The van der Waals surface area contributed by atoms with Gasteiger partial charge in [0.1, 0.15) is 0 Å². The first-order chi connectivity index (χ1) is 12.6. The second-order valence-corrected chi connectivity index (χ2v) is 8.26. The Kier molecular flexibility index (Phi) is 8.86. The van der Waals surface area contributed by atoms with Crippen LogP contribution in [-0.4, -0.2) is 15.0 Å². The molecule has 0 fully saturated rings. The highest BCUT2D eigenvalue weighted by molar-refractivity contribution is 7.86. The van der Waals surface area contributed by atoms with Crippen LogP contribution >= 0.6 is 0 Å². The Morgan fingerprint density at radius 3 is 2.04 bits per heavy atom. The van der Waals surface area contributed by atoms with Crippen LogP contribution in [0.4, 0.5) is 0 Å². The molecule has 2 aromatic carbocycles. The molecule has 0 heterocycles. The highest BCUT2D eigenvalue weighted by Gasteiger charge is 2.15. The van der Waals surface area contributed by atoms with Crippen LogP contribution in [-0.2, 0) is 14.3 Å². The van der Waals surface area contributed by atoms with Gasteiger partial charge in [0, 0.05) is 0 Å². The van der Waals surface area contributed by atoms with E-state index in [2.05, 4.69) is 6.92 Å². The molecule has 3 nitrogen and oxygen atoms in total. The van der Waals surface area contributed by atoms with Crippen LogP contribution in [0.3, 0.4) is 0 Å². The Hall–Kier alpha value is -1.65. The standard InChI is InChI=1S/C22H30O3S/c1-2-3-4-5-6-7-8-12-18-25-26(23,24)22-17-13-16-21(19-22)20-14-10-9-11-15-20/h9-11,13-17,19H,2-8,12,18H2,1H3. The fourth-order valence-corrected chi connectivity index (χ4v) is 3.92. The van der Waals surface area contributed by atoms with Crippen LogP contribution in [0.2, 0.25) is 0 Å². The summed E-state index contributed by atoms with van der Waals surface area (Å²) in [4.78, 5) is 0.221. The van der Waals surface area contributed by atoms with Gasteiger partial charge >= 0.3 is 0 Å². The van der Waals surface area contributed by atoms with E-state index in [-0.39, 0.29) is 11.5 Å². The normalized spacial score (nSPS) is 11.6. The molecule has 26 heavy (non-hydrogen) atoms. The first kappa shape index (κ1) is 20.7. The summed E-state index contributed by atoms with van der Waals surface area (Å²) < 4.78 is 30.0. The predicted molar refractivity (Wildman–Crippen MR) is 108 cm³/mol. The lowest BCUT2D eigenvalue weighted by molar-refractivity contribution is 0.306. The van der Waals surface area contributed by atoms with E-state index >= 15 is 0 Å². The zero-order valence-corrected chi connectivity index (χ0v) is 16.5. The fourth-order valence-electron chi connectivity index (χ4n) is 2.93. The molecule has 0 N–H and O–H groups in total. The lowest BCUT2D eigenvalue weighted by Crippen LogP contribution is -2.07. The van der Waals surface area contributed by atoms with Gasteiger partial charge in [-0.05, 0) is 29.7 Å². The van der Waals surface area contributed by atoms with Gasteiger partial charge in [-0.3, -0.25) is 4.18 Å². The molecule has 0 amide bonds. The smallest absolute Gasteiger partial charge is 0.266 e. The molecule has 0 aromatic heterocycles. The summed E-state index contributed by atoms with van der Waals surface area (Å²) in [5, 5.41) is 0. The van der Waals surface area contributed by atoms with Crippen LogP contribution in [0.5, 0.6) is 0 Å². The van der Waals surface area contributed by atoms with Crippen LogP contribution in [0.25, 0.3) is 11.1 Å². The van der Waals surface area contributed by atoms with E-state index in [4.69, 9.17) is 4.18 Å². The Bertz CT molecular complexity index is 739. The monoisotopic (exact) mass is 374 g/mol. The third-order valence-corrected chi connectivity index (χ3v) is 5.77. The molecule has 0 radical (unpaired) electrons. The van der Waals surface area contributed by atoms with Crippen molar-refractivity contribution in [1.29, 1.82) is 0 Å². The molecule has 0 saturated carbocycles. The van der Waals surface area contributed by atoms with Gasteiger partial charge in [0.05, 0.1) is 11.5 Å². The van der Waals surface area contributed by atoms with Crippen LogP contribution in [0, 0.1) is 0 Å². The van der Waals surface area contributed by atoms with Crippen LogP contribution < -0.4 is 0 Å². The fraction of sp³-hybridized carbons (Fsp3) is 0.455. The predicted octanol–water partition coefficient (Wildman–Crippen LogP) is 6.20. The van der Waals surface area contributed by atoms with Crippen molar-refractivity contribution in [1.82, 2.24) is 0 Å². The number of benzene rings is 2. The average Bonchev–Trinajstić information content (AvgIpc) is 2.67. The van der Waals surface area contributed by atoms with Crippen molar-refractivity contribution in [3.8, 4) is 11.1 Å². The second kappa shape index (κ2) is 11.1. The number of hydrogen-bond acceptors (Lipinski definition) is 3. The van der Waals surface area contributed by atoms with E-state index in [0.29, 0.717) is 0 Å². The summed E-state index contributed by atoms with van der Waals surface area (Å²) in [6, 6.07) is 16.7. The summed E-state index contributed by atoms with van der Waals surface area (Å²) in [5.41, 5.74) is 1.87. The van der Waals surface area contributed by atoms with Gasteiger partial charge in [-0.1, -0.05) is 94.3 Å². The summed E-state index contributed by atoms with van der Waals surface area (Å²) in [6.45, 7) is 2.47. The van der Waals surface area contributed by atoms with Crippen molar-refractivity contribution in [3.63, 3.8) is 0 Å². The highest BCUT2D eigenvalue weighted by atomic mass is 32.2. The number of unbranched alkanes of at least 4 members (excludes halogenated alkanes) is 7. The van der Waals surface area contributed by atoms with Crippen molar-refractivity contribution in [2.75, 3.05) is 6.61 Å². The van der Waals surface area contributed by atoms with E-state index in [1.165, 1.54) is 32.1 Å². The zero-order valence-electron chi connectivity index (χ0n) is 15.7. The number of hydrogen-bond donors (Lipinski definition) is 0. The molecular formula is C22H30O3S. The zero-order chi connectivity index (χ0) is 18.7. The largest absolute Gasteiger partial charge is 0.296 e. The lowest BCUT2D eigenvalue weighted by atomic mass is 10.1. The van der Waals surface area contributed by atoms with Gasteiger partial charge in [-0.2, -0.15) is 8.42 Å². The van der Waals surface area contributed by atoms with Gasteiger partial charge in [0.15, 0.2) is 0 Å². The number of rotatable bonds is 12. The topological polar surface area (TPSA) is 43.4 Å². The van der Waals surface area contributed by atoms with Gasteiger partial charge in [0.2, 0.25) is 0 Å². The molecule has 0 atom stereocenters. The summed E-state index contributed by atoms with van der Waals surface area (Å²) in [5.74, 6) is 0. The SMILES string of the molecule is CCCCCCCCCCOS(=O)(=O)c1cccc(-c2ccccc2)c1. The van der Waals surface area contributed by atoms with Crippen molar-refractivity contribution >= 4 is 10.1 Å². The molecule has 2 aromatic rings. The van der Waals surface area contributed by atoms with Crippen LogP contribution in [0.15, 0.2) is 59.5 Å². The van der Waals surface area contributed by atoms with E-state index < -0.39 is 10.1 Å². The van der Waals surface area contributed by atoms with E-state index in [9.17, 15) is 8.42 Å². The maximum Gasteiger partial charge on any atom is 0.296 e. The van der Waals surface area contributed by atoms with E-state index in [0.717, 1.165) is 30.4 Å². The first-order valence-electron chi connectivity index (χ1n) is 9.68. The molecular weight excluding hydrogens is 344 g/mol. The van der Waals surface area contributed by atoms with Crippen LogP contribution in [0.1, 0.15) is 58.3 Å². The molecule has 2 rings (SSSR count). The van der Waals surface area contributed by atoms with Crippen molar-refractivity contribution in [2.24, 2.45) is 0 Å². The van der Waals surface area contributed by atoms with E-state index in [1.807, 2.05) is 36.4 Å². The Morgan fingerprint density at radius 2 is 1.35 bits per heavy atom. The molecule has 0 aliphatic heterocycles. The Morgan fingerprint density at radius 1 is 0.731 bits per heavy atom. The Balaban J connectivity index is 1.79. The van der Waals surface area contributed by atoms with Gasteiger partial charge in [-0.15, -0.1) is 0 Å². The summed E-state index contributed by atoms with van der Waals surface area (Å²) in [6.07, 6.45) is 9.33.